The maximum absolute atomic E-state index is 11.3. The third kappa shape index (κ3) is 3.42. The maximum Gasteiger partial charge on any atom is 0.417 e. The van der Waals surface area contributed by atoms with Crippen LogP contribution in [0.4, 0.5) is 0 Å². The van der Waals surface area contributed by atoms with Crippen LogP contribution in [0.25, 0.3) is 11.1 Å². The first-order chi connectivity index (χ1) is 11.7. The Hall–Kier alpha value is -1.59. The normalized spacial score (nSPS) is 26.9. The van der Waals surface area contributed by atoms with Gasteiger partial charge in [0.2, 0.25) is 0 Å². The molecule has 4 rings (SSSR count). The largest absolute Gasteiger partial charge is 0.417 e. The number of benzene rings is 1. The Balaban J connectivity index is 1.34. The zero-order chi connectivity index (χ0) is 16.5. The van der Waals surface area contributed by atoms with E-state index in [0.29, 0.717) is 17.5 Å². The average molecular weight is 329 g/mol. The Morgan fingerprint density at radius 1 is 1.12 bits per heavy atom. The summed E-state index contributed by atoms with van der Waals surface area (Å²) in [5.74, 6) is 1.04. The SMILES string of the molecule is NC1CCC(CN2CCC(c3ccc4[nH]c(=O)oc4c3)CC2)CC1. The van der Waals surface area contributed by atoms with Crippen LogP contribution in [0.5, 0.6) is 0 Å². The molecule has 5 nitrogen and oxygen atoms in total. The van der Waals surface area contributed by atoms with Crippen molar-refractivity contribution in [3.8, 4) is 0 Å². The first kappa shape index (κ1) is 15.9. The Bertz CT molecular complexity index is 734. The lowest BCUT2D eigenvalue weighted by atomic mass is 9.84. The van der Waals surface area contributed by atoms with Gasteiger partial charge in [0.05, 0.1) is 5.52 Å². The fraction of sp³-hybridized carbons (Fsp3) is 0.632. The molecule has 0 amide bonds. The van der Waals surface area contributed by atoms with E-state index in [0.717, 1.165) is 11.4 Å². The van der Waals surface area contributed by atoms with Gasteiger partial charge in [0.25, 0.3) is 0 Å². The van der Waals surface area contributed by atoms with E-state index >= 15 is 0 Å². The molecule has 2 heterocycles. The van der Waals surface area contributed by atoms with Gasteiger partial charge in [-0.2, -0.15) is 0 Å². The summed E-state index contributed by atoms with van der Waals surface area (Å²) in [5, 5.41) is 0. The van der Waals surface area contributed by atoms with Crippen LogP contribution in [0.15, 0.2) is 27.4 Å². The number of aromatic amines is 1. The van der Waals surface area contributed by atoms with E-state index in [1.54, 1.807) is 0 Å². The van der Waals surface area contributed by atoms with Crippen molar-refractivity contribution in [3.63, 3.8) is 0 Å². The molecule has 0 bridgehead atoms. The van der Waals surface area contributed by atoms with Gasteiger partial charge in [-0.25, -0.2) is 4.79 Å². The number of nitrogens with zero attached hydrogens (tertiary/aromatic N) is 1. The first-order valence-electron chi connectivity index (χ1n) is 9.28. The van der Waals surface area contributed by atoms with Crippen LogP contribution >= 0.6 is 0 Å². The number of oxazole rings is 1. The molecule has 130 valence electrons. The van der Waals surface area contributed by atoms with Crippen LogP contribution in [-0.2, 0) is 0 Å². The Morgan fingerprint density at radius 3 is 2.62 bits per heavy atom. The van der Waals surface area contributed by atoms with Gasteiger partial charge in [-0.15, -0.1) is 0 Å². The third-order valence-corrected chi connectivity index (χ3v) is 5.91. The summed E-state index contributed by atoms with van der Waals surface area (Å²) in [6.45, 7) is 3.58. The summed E-state index contributed by atoms with van der Waals surface area (Å²) >= 11 is 0. The molecule has 1 aromatic heterocycles. The predicted octanol–water partition coefficient (Wildman–Crippen LogP) is 2.82. The Labute approximate surface area is 142 Å². The van der Waals surface area contributed by atoms with Crippen molar-refractivity contribution in [2.75, 3.05) is 19.6 Å². The third-order valence-electron chi connectivity index (χ3n) is 5.91. The maximum atomic E-state index is 11.3. The topological polar surface area (TPSA) is 75.3 Å². The molecule has 0 spiro atoms. The molecular weight excluding hydrogens is 302 g/mol. The lowest BCUT2D eigenvalue weighted by Crippen LogP contribution is -2.38. The standard InChI is InChI=1S/C19H27N3O2/c20-16-4-1-13(2-5-16)12-22-9-7-14(8-10-22)15-3-6-17-18(11-15)24-19(23)21-17/h3,6,11,13-14,16H,1-2,4-5,7-10,12,20H2,(H,21,23). The lowest BCUT2D eigenvalue weighted by molar-refractivity contribution is 0.160. The molecule has 1 aliphatic carbocycles. The quantitative estimate of drug-likeness (QED) is 0.908. The zero-order valence-electron chi connectivity index (χ0n) is 14.2. The van der Waals surface area contributed by atoms with Crippen LogP contribution in [0.3, 0.4) is 0 Å². The number of piperidine rings is 1. The molecule has 1 aliphatic heterocycles. The van der Waals surface area contributed by atoms with Crippen LogP contribution in [-0.4, -0.2) is 35.6 Å². The molecule has 0 atom stereocenters. The highest BCUT2D eigenvalue weighted by Crippen LogP contribution is 2.31. The number of nitrogens with one attached hydrogen (secondary N) is 1. The second kappa shape index (κ2) is 6.73. The molecule has 2 aromatic rings. The molecule has 0 unspecified atom stereocenters. The van der Waals surface area contributed by atoms with E-state index in [9.17, 15) is 4.79 Å². The van der Waals surface area contributed by atoms with Gasteiger partial charge in [0.15, 0.2) is 5.58 Å². The summed E-state index contributed by atoms with van der Waals surface area (Å²) in [7, 11) is 0. The van der Waals surface area contributed by atoms with E-state index in [-0.39, 0.29) is 5.76 Å². The molecule has 0 radical (unpaired) electrons. The number of hydrogen-bond acceptors (Lipinski definition) is 4. The number of aromatic nitrogens is 1. The molecule has 2 fully saturated rings. The molecule has 1 aromatic carbocycles. The number of fused-ring (bicyclic) bond motifs is 1. The molecule has 3 N–H and O–H groups in total. The molecule has 24 heavy (non-hydrogen) atoms. The highest BCUT2D eigenvalue weighted by molar-refractivity contribution is 5.72. The van der Waals surface area contributed by atoms with Crippen LogP contribution < -0.4 is 11.5 Å². The van der Waals surface area contributed by atoms with Crippen molar-refractivity contribution in [3.05, 3.63) is 34.3 Å². The summed E-state index contributed by atoms with van der Waals surface area (Å²) in [4.78, 5) is 16.6. The Kier molecular flexibility index (Phi) is 4.46. The fourth-order valence-electron chi connectivity index (χ4n) is 4.40. The second-order valence-corrected chi connectivity index (χ2v) is 7.63. The van der Waals surface area contributed by atoms with E-state index in [2.05, 4.69) is 16.0 Å². The minimum Gasteiger partial charge on any atom is -0.408 e. The zero-order valence-corrected chi connectivity index (χ0v) is 14.2. The number of hydrogen-bond donors (Lipinski definition) is 2. The lowest BCUT2D eigenvalue weighted by Gasteiger charge is -2.36. The van der Waals surface area contributed by atoms with Crippen LogP contribution in [0.2, 0.25) is 0 Å². The van der Waals surface area contributed by atoms with Gasteiger partial charge >= 0.3 is 5.76 Å². The van der Waals surface area contributed by atoms with Crippen molar-refractivity contribution in [2.45, 2.75) is 50.5 Å². The predicted molar refractivity (Wildman–Crippen MR) is 95.2 cm³/mol. The summed E-state index contributed by atoms with van der Waals surface area (Å²) in [6, 6.07) is 6.58. The van der Waals surface area contributed by atoms with Crippen molar-refractivity contribution in [1.29, 1.82) is 0 Å². The van der Waals surface area contributed by atoms with Crippen LogP contribution in [0, 0.1) is 5.92 Å². The van der Waals surface area contributed by atoms with Gasteiger partial charge in [0.1, 0.15) is 0 Å². The van der Waals surface area contributed by atoms with Crippen LogP contribution in [0.1, 0.15) is 50.0 Å². The highest BCUT2D eigenvalue weighted by atomic mass is 16.4. The fourth-order valence-corrected chi connectivity index (χ4v) is 4.40. The first-order valence-corrected chi connectivity index (χ1v) is 9.28. The van der Waals surface area contributed by atoms with Crippen molar-refractivity contribution < 1.29 is 4.42 Å². The molecular formula is C19H27N3O2. The highest BCUT2D eigenvalue weighted by Gasteiger charge is 2.25. The monoisotopic (exact) mass is 329 g/mol. The molecule has 5 heteroatoms. The smallest absolute Gasteiger partial charge is 0.408 e. The van der Waals surface area contributed by atoms with Crippen molar-refractivity contribution in [2.24, 2.45) is 11.7 Å². The van der Waals surface area contributed by atoms with Gasteiger partial charge in [-0.3, -0.25) is 4.98 Å². The van der Waals surface area contributed by atoms with Gasteiger partial charge in [-0.1, -0.05) is 6.07 Å². The molecule has 1 saturated heterocycles. The van der Waals surface area contributed by atoms with Gasteiger partial charge < -0.3 is 15.1 Å². The summed E-state index contributed by atoms with van der Waals surface area (Å²) < 4.78 is 5.20. The van der Waals surface area contributed by atoms with E-state index < -0.39 is 0 Å². The van der Waals surface area contributed by atoms with Crippen molar-refractivity contribution >= 4 is 11.1 Å². The van der Waals surface area contributed by atoms with Gasteiger partial charge in [0, 0.05) is 12.6 Å². The minimum atomic E-state index is -0.371. The summed E-state index contributed by atoms with van der Waals surface area (Å²) in [6.07, 6.45) is 7.36. The van der Waals surface area contributed by atoms with E-state index in [1.807, 2.05) is 12.1 Å². The molecule has 2 aliphatic rings. The van der Waals surface area contributed by atoms with Gasteiger partial charge in [-0.05, 0) is 81.1 Å². The second-order valence-electron chi connectivity index (χ2n) is 7.63. The van der Waals surface area contributed by atoms with E-state index in [4.69, 9.17) is 10.2 Å². The van der Waals surface area contributed by atoms with Crippen molar-refractivity contribution in [1.82, 2.24) is 9.88 Å². The Morgan fingerprint density at radius 2 is 1.88 bits per heavy atom. The summed E-state index contributed by atoms with van der Waals surface area (Å²) in [5.41, 5.74) is 8.78. The number of nitrogens with two attached hydrogens (primary N) is 1. The molecule has 1 saturated carbocycles. The number of rotatable bonds is 3. The number of likely N-dealkylation sites (tertiary alicyclic amines) is 1. The minimum absolute atomic E-state index is 0.371. The average Bonchev–Trinajstić information content (AvgIpc) is 2.97. The number of H-pyrrole nitrogens is 1. The van der Waals surface area contributed by atoms with E-state index in [1.165, 1.54) is 63.7 Å².